The average molecular weight is 560 g/mol. The van der Waals surface area contributed by atoms with Crippen LogP contribution < -0.4 is 4.90 Å². The molecule has 0 amide bonds. The molecule has 6 rings (SSSR count). The van der Waals surface area contributed by atoms with Crippen molar-refractivity contribution in [3.05, 3.63) is 60.7 Å². The Balaban J connectivity index is 1.14. The van der Waals surface area contributed by atoms with Crippen molar-refractivity contribution in [3.63, 3.8) is 0 Å². The number of hydrogen-bond acceptors (Lipinski definition) is 7. The predicted molar refractivity (Wildman–Crippen MR) is 159 cm³/mol. The Bertz CT molecular complexity index is 1640. The fourth-order valence-electron chi connectivity index (χ4n) is 6.29. The quantitative estimate of drug-likeness (QED) is 0.375. The second-order valence-corrected chi connectivity index (χ2v) is 14.3. The third-order valence-electron chi connectivity index (χ3n) is 8.34. The lowest BCUT2D eigenvalue weighted by Crippen LogP contribution is -2.62. The summed E-state index contributed by atoms with van der Waals surface area (Å²) in [4.78, 5) is 14.8. The number of aliphatic hydroxyl groups is 1. The fourth-order valence-corrected chi connectivity index (χ4v) is 6.93. The number of benzene rings is 2. The summed E-state index contributed by atoms with van der Waals surface area (Å²) in [6, 6.07) is 19.5. The Morgan fingerprint density at radius 1 is 0.900 bits per heavy atom. The fraction of sp³-hybridized carbons (Fsp3) is 0.419. The third-order valence-corrected chi connectivity index (χ3v) is 9.47. The normalized spacial score (nSPS) is 17.9. The van der Waals surface area contributed by atoms with E-state index >= 15 is 0 Å². The van der Waals surface area contributed by atoms with E-state index in [4.69, 9.17) is 9.97 Å². The van der Waals surface area contributed by atoms with Gasteiger partial charge in [-0.25, -0.2) is 18.4 Å². The van der Waals surface area contributed by atoms with Gasteiger partial charge < -0.3 is 14.6 Å². The Labute approximate surface area is 236 Å². The predicted octanol–water partition coefficient (Wildman–Crippen LogP) is 4.38. The minimum atomic E-state index is -3.25. The van der Waals surface area contributed by atoms with Crippen molar-refractivity contribution < 1.29 is 13.5 Å². The summed E-state index contributed by atoms with van der Waals surface area (Å²) in [5.74, 6) is 0.743. The largest absolute Gasteiger partial charge is 0.389 e. The molecule has 2 fully saturated rings. The summed E-state index contributed by atoms with van der Waals surface area (Å²) in [6.45, 7) is 8.83. The van der Waals surface area contributed by atoms with Crippen LogP contribution in [0.3, 0.4) is 0 Å². The lowest BCUT2D eigenvalue weighted by Gasteiger charge is -2.55. The molecule has 4 heterocycles. The van der Waals surface area contributed by atoms with Crippen molar-refractivity contribution in [2.75, 3.05) is 43.9 Å². The molecule has 0 unspecified atom stereocenters. The van der Waals surface area contributed by atoms with Crippen LogP contribution >= 0.6 is 0 Å². The highest BCUT2D eigenvalue weighted by Gasteiger charge is 2.45. The first-order valence-electron chi connectivity index (χ1n) is 13.8. The number of piperidine rings is 1. The molecule has 210 valence electrons. The van der Waals surface area contributed by atoms with Gasteiger partial charge in [-0.15, -0.1) is 0 Å². The lowest BCUT2D eigenvalue weighted by atomic mass is 9.71. The molecule has 1 spiro atoms. The standard InChI is InChI=1S/C31H37N5O3S/c1-30(2,37)19-35-20-31(21-35)15-17-36(18-16-31)24-9-5-22(6-10-24)26-13-14-27-29(32-26)34(3)28(33-27)23-7-11-25(12-8-23)40(4,38)39/h5-14,37H,15-21H2,1-4H3. The van der Waals surface area contributed by atoms with Crippen LogP contribution in [0.1, 0.15) is 26.7 Å². The molecule has 0 radical (unpaired) electrons. The van der Waals surface area contributed by atoms with Gasteiger partial charge in [0, 0.05) is 62.8 Å². The molecule has 0 saturated carbocycles. The number of likely N-dealkylation sites (tertiary alicyclic amines) is 1. The van der Waals surface area contributed by atoms with E-state index in [1.807, 2.05) is 37.6 Å². The van der Waals surface area contributed by atoms with Crippen molar-refractivity contribution in [3.8, 4) is 22.6 Å². The van der Waals surface area contributed by atoms with Gasteiger partial charge in [0.1, 0.15) is 11.3 Å². The van der Waals surface area contributed by atoms with Crippen molar-refractivity contribution in [2.24, 2.45) is 12.5 Å². The molecule has 2 aromatic heterocycles. The third kappa shape index (κ3) is 5.25. The van der Waals surface area contributed by atoms with Crippen molar-refractivity contribution in [1.29, 1.82) is 0 Å². The zero-order valence-corrected chi connectivity index (χ0v) is 24.4. The molecule has 40 heavy (non-hydrogen) atoms. The smallest absolute Gasteiger partial charge is 0.175 e. The van der Waals surface area contributed by atoms with E-state index < -0.39 is 15.4 Å². The Hall–Kier alpha value is -3.27. The lowest BCUT2D eigenvalue weighted by molar-refractivity contribution is -0.0643. The first kappa shape index (κ1) is 26.9. The molecule has 2 aliphatic heterocycles. The number of sulfone groups is 1. The SMILES string of the molecule is Cn1c(-c2ccc(S(C)(=O)=O)cc2)nc2ccc(-c3ccc(N4CCC5(CC4)CN(CC(C)(C)O)C5)cc3)nc21. The van der Waals surface area contributed by atoms with Gasteiger partial charge in [0.05, 0.1) is 16.2 Å². The number of β-amino-alcohol motifs (C(OH)–C–C–N with tert-alkyl or cyclic N) is 1. The van der Waals surface area contributed by atoms with Crippen LogP contribution in [-0.2, 0) is 16.9 Å². The number of hydrogen-bond donors (Lipinski definition) is 1. The van der Waals surface area contributed by atoms with Gasteiger partial charge in [-0.1, -0.05) is 12.1 Å². The molecule has 2 aromatic carbocycles. The second-order valence-electron chi connectivity index (χ2n) is 12.3. The molecule has 4 aromatic rings. The minimum Gasteiger partial charge on any atom is -0.389 e. The molecule has 1 N–H and O–H groups in total. The maximum Gasteiger partial charge on any atom is 0.175 e. The number of imidazole rings is 1. The summed E-state index contributed by atoms with van der Waals surface area (Å²) in [6.07, 6.45) is 3.59. The van der Waals surface area contributed by atoms with E-state index in [2.05, 4.69) is 34.1 Å². The maximum atomic E-state index is 11.8. The number of pyridine rings is 1. The summed E-state index contributed by atoms with van der Waals surface area (Å²) in [7, 11) is -1.31. The van der Waals surface area contributed by atoms with Gasteiger partial charge in [0.25, 0.3) is 0 Å². The Kier molecular flexibility index (Phi) is 6.52. The van der Waals surface area contributed by atoms with E-state index in [0.29, 0.717) is 10.3 Å². The van der Waals surface area contributed by atoms with Crippen LogP contribution in [0.4, 0.5) is 5.69 Å². The minimum absolute atomic E-state index is 0.291. The maximum absolute atomic E-state index is 11.8. The molecule has 0 aliphatic carbocycles. The number of aryl methyl sites for hydroxylation is 1. The van der Waals surface area contributed by atoms with Gasteiger partial charge in [0.15, 0.2) is 15.5 Å². The number of aromatic nitrogens is 3. The summed E-state index contributed by atoms with van der Waals surface area (Å²) < 4.78 is 25.6. The molecule has 2 saturated heterocycles. The topological polar surface area (TPSA) is 91.6 Å². The highest BCUT2D eigenvalue weighted by Crippen LogP contribution is 2.42. The highest BCUT2D eigenvalue weighted by atomic mass is 32.2. The number of fused-ring (bicyclic) bond motifs is 1. The van der Waals surface area contributed by atoms with Crippen LogP contribution in [0.5, 0.6) is 0 Å². The average Bonchev–Trinajstić information content (AvgIpc) is 3.23. The van der Waals surface area contributed by atoms with Gasteiger partial charge in [-0.05, 0) is 80.6 Å². The Morgan fingerprint density at radius 3 is 2.12 bits per heavy atom. The van der Waals surface area contributed by atoms with Gasteiger partial charge in [0.2, 0.25) is 0 Å². The summed E-state index contributed by atoms with van der Waals surface area (Å²) in [5, 5.41) is 10.1. The summed E-state index contributed by atoms with van der Waals surface area (Å²) >= 11 is 0. The number of nitrogens with zero attached hydrogens (tertiary/aromatic N) is 5. The van der Waals surface area contributed by atoms with E-state index in [0.717, 1.165) is 66.5 Å². The van der Waals surface area contributed by atoms with Crippen molar-refractivity contribution >= 4 is 26.7 Å². The monoisotopic (exact) mass is 559 g/mol. The zero-order chi connectivity index (χ0) is 28.3. The number of anilines is 1. The van der Waals surface area contributed by atoms with E-state index in [1.165, 1.54) is 24.8 Å². The van der Waals surface area contributed by atoms with Crippen LogP contribution in [0.15, 0.2) is 65.6 Å². The number of rotatable bonds is 6. The molecule has 8 nitrogen and oxygen atoms in total. The van der Waals surface area contributed by atoms with Crippen LogP contribution in [0.2, 0.25) is 0 Å². The van der Waals surface area contributed by atoms with Gasteiger partial charge in [-0.2, -0.15) is 0 Å². The van der Waals surface area contributed by atoms with Gasteiger partial charge >= 0.3 is 0 Å². The van der Waals surface area contributed by atoms with E-state index in [9.17, 15) is 13.5 Å². The molecule has 0 atom stereocenters. The molecule has 0 bridgehead atoms. The first-order valence-corrected chi connectivity index (χ1v) is 15.7. The Morgan fingerprint density at radius 2 is 1.52 bits per heavy atom. The van der Waals surface area contributed by atoms with Crippen LogP contribution in [-0.4, -0.2) is 77.5 Å². The second kappa shape index (κ2) is 9.68. The van der Waals surface area contributed by atoms with E-state index in [-0.39, 0.29) is 0 Å². The van der Waals surface area contributed by atoms with Crippen molar-refractivity contribution in [2.45, 2.75) is 37.2 Å². The highest BCUT2D eigenvalue weighted by molar-refractivity contribution is 7.90. The summed E-state index contributed by atoms with van der Waals surface area (Å²) in [5.41, 5.74) is 5.39. The van der Waals surface area contributed by atoms with Crippen molar-refractivity contribution in [1.82, 2.24) is 19.4 Å². The first-order chi connectivity index (χ1) is 18.9. The zero-order valence-electron chi connectivity index (χ0n) is 23.6. The molecule has 2 aliphatic rings. The van der Waals surface area contributed by atoms with Gasteiger partial charge in [-0.3, -0.25) is 4.90 Å². The van der Waals surface area contributed by atoms with Crippen LogP contribution in [0, 0.1) is 5.41 Å². The van der Waals surface area contributed by atoms with Crippen LogP contribution in [0.25, 0.3) is 33.8 Å². The molecular formula is C31H37N5O3S. The molecule has 9 heteroatoms. The van der Waals surface area contributed by atoms with E-state index in [1.54, 1.807) is 24.3 Å². The molecular weight excluding hydrogens is 522 g/mol.